The van der Waals surface area contributed by atoms with E-state index in [0.717, 1.165) is 16.9 Å². The highest BCUT2D eigenvalue weighted by molar-refractivity contribution is 7.14. The van der Waals surface area contributed by atoms with Crippen molar-refractivity contribution in [3.05, 3.63) is 41.0 Å². The molecule has 2 aromatic rings. The first-order chi connectivity index (χ1) is 10.7. The molecular formula is C16H18N2O4S. The molecule has 0 fully saturated rings. The lowest BCUT2D eigenvalue weighted by atomic mass is 10.2. The van der Waals surface area contributed by atoms with Crippen LogP contribution in [0.25, 0.3) is 0 Å². The molecule has 0 bridgehead atoms. The minimum atomic E-state index is -1.19. The van der Waals surface area contributed by atoms with Crippen molar-refractivity contribution in [3.8, 4) is 0 Å². The third-order valence-electron chi connectivity index (χ3n) is 2.89. The molecule has 2 rings (SSSR count). The molecule has 0 saturated heterocycles. The van der Waals surface area contributed by atoms with Gasteiger partial charge in [0.25, 0.3) is 0 Å². The fourth-order valence-electron chi connectivity index (χ4n) is 1.96. The molecule has 7 heteroatoms. The van der Waals surface area contributed by atoms with Crippen molar-refractivity contribution in [2.75, 3.05) is 4.90 Å². The number of amides is 1. The zero-order chi connectivity index (χ0) is 17.2. The first kappa shape index (κ1) is 17.0. The van der Waals surface area contributed by atoms with Gasteiger partial charge in [-0.25, -0.2) is 19.5 Å². The predicted octanol–water partition coefficient (Wildman–Crippen LogP) is 4.22. The maximum Gasteiger partial charge on any atom is 0.420 e. The molecule has 1 aromatic carbocycles. The van der Waals surface area contributed by atoms with Gasteiger partial charge in [-0.3, -0.25) is 0 Å². The van der Waals surface area contributed by atoms with Crippen molar-refractivity contribution < 1.29 is 19.4 Å². The lowest BCUT2D eigenvalue weighted by Crippen LogP contribution is -2.34. The van der Waals surface area contributed by atoms with Crippen LogP contribution in [-0.4, -0.2) is 27.8 Å². The number of para-hydroxylation sites is 1. The Morgan fingerprint density at radius 3 is 2.48 bits per heavy atom. The van der Waals surface area contributed by atoms with Gasteiger partial charge in [0, 0.05) is 0 Å². The van der Waals surface area contributed by atoms with Gasteiger partial charge < -0.3 is 9.84 Å². The van der Waals surface area contributed by atoms with E-state index in [0.29, 0.717) is 5.69 Å². The number of ether oxygens (including phenoxy) is 1. The van der Waals surface area contributed by atoms with Crippen molar-refractivity contribution in [1.82, 2.24) is 4.98 Å². The second-order valence-corrected chi connectivity index (χ2v) is 6.75. The number of aryl methyl sites for hydroxylation is 1. The summed E-state index contributed by atoms with van der Waals surface area (Å²) in [6.45, 7) is 7.11. The second-order valence-electron chi connectivity index (χ2n) is 5.91. The highest BCUT2D eigenvalue weighted by atomic mass is 32.1. The third kappa shape index (κ3) is 3.87. The maximum absolute atomic E-state index is 12.7. The average molecular weight is 334 g/mol. The molecule has 0 spiro atoms. The van der Waals surface area contributed by atoms with Crippen LogP contribution in [0.15, 0.2) is 29.8 Å². The van der Waals surface area contributed by atoms with E-state index in [-0.39, 0.29) is 10.7 Å². The summed E-state index contributed by atoms with van der Waals surface area (Å²) in [5, 5.41) is 9.52. The summed E-state index contributed by atoms with van der Waals surface area (Å²) in [7, 11) is 0. The number of benzene rings is 1. The van der Waals surface area contributed by atoms with E-state index in [4.69, 9.17) is 4.74 Å². The maximum atomic E-state index is 12.7. The Balaban J connectivity index is 2.56. The van der Waals surface area contributed by atoms with E-state index in [1.165, 1.54) is 10.4 Å². The minimum absolute atomic E-state index is 0.177. The van der Waals surface area contributed by atoms with Crippen molar-refractivity contribution >= 4 is 34.1 Å². The van der Waals surface area contributed by atoms with Crippen LogP contribution in [0.4, 0.5) is 15.5 Å². The number of aromatic carboxylic acids is 1. The summed E-state index contributed by atoms with van der Waals surface area (Å²) in [5.74, 6) is -1.19. The fourth-order valence-corrected chi connectivity index (χ4v) is 2.75. The zero-order valence-electron chi connectivity index (χ0n) is 13.4. The first-order valence-corrected chi connectivity index (χ1v) is 7.84. The summed E-state index contributed by atoms with van der Waals surface area (Å²) in [6, 6.07) is 7.21. The Morgan fingerprint density at radius 1 is 1.26 bits per heavy atom. The van der Waals surface area contributed by atoms with Crippen molar-refractivity contribution in [1.29, 1.82) is 0 Å². The van der Waals surface area contributed by atoms with Crippen LogP contribution < -0.4 is 4.90 Å². The molecule has 1 N–H and O–H groups in total. The summed E-state index contributed by atoms with van der Waals surface area (Å²) in [4.78, 5) is 29.2. The molecule has 6 nitrogen and oxygen atoms in total. The van der Waals surface area contributed by atoms with E-state index in [1.807, 2.05) is 19.1 Å². The summed E-state index contributed by atoms with van der Waals surface area (Å²) in [6.07, 6.45) is -0.640. The number of nitrogens with zero attached hydrogens (tertiary/aromatic N) is 2. The van der Waals surface area contributed by atoms with Crippen LogP contribution in [0.3, 0.4) is 0 Å². The quantitative estimate of drug-likeness (QED) is 0.909. The van der Waals surface area contributed by atoms with Crippen molar-refractivity contribution in [3.63, 3.8) is 0 Å². The molecule has 122 valence electrons. The second kappa shape index (κ2) is 6.37. The molecule has 0 atom stereocenters. The Hall–Kier alpha value is -2.41. The van der Waals surface area contributed by atoms with Crippen LogP contribution in [0.5, 0.6) is 0 Å². The number of carbonyl (C=O) groups excluding carboxylic acids is 1. The topological polar surface area (TPSA) is 79.7 Å². The highest BCUT2D eigenvalue weighted by Gasteiger charge is 2.30. The Morgan fingerprint density at radius 2 is 1.91 bits per heavy atom. The molecule has 0 aliphatic heterocycles. The summed E-state index contributed by atoms with van der Waals surface area (Å²) in [5.41, 5.74) is 1.90. The molecule has 23 heavy (non-hydrogen) atoms. The van der Waals surface area contributed by atoms with Crippen molar-refractivity contribution in [2.45, 2.75) is 33.3 Å². The number of carboxylic acids is 1. The normalized spacial score (nSPS) is 11.1. The van der Waals surface area contributed by atoms with Gasteiger partial charge in [-0.1, -0.05) is 18.2 Å². The van der Waals surface area contributed by atoms with Gasteiger partial charge in [0.15, 0.2) is 5.69 Å². The molecule has 0 aliphatic carbocycles. The Kier molecular flexibility index (Phi) is 4.70. The number of anilines is 2. The van der Waals surface area contributed by atoms with Gasteiger partial charge in [0.1, 0.15) is 10.6 Å². The van der Waals surface area contributed by atoms with Gasteiger partial charge in [0.05, 0.1) is 11.2 Å². The van der Waals surface area contributed by atoms with Crippen LogP contribution in [0.2, 0.25) is 0 Å². The lowest BCUT2D eigenvalue weighted by Gasteiger charge is -2.27. The largest absolute Gasteiger partial charge is 0.476 e. The molecule has 0 unspecified atom stereocenters. The van der Waals surface area contributed by atoms with Crippen LogP contribution in [0.1, 0.15) is 36.8 Å². The molecule has 1 aromatic heterocycles. The Bertz CT molecular complexity index is 734. The van der Waals surface area contributed by atoms with Crippen molar-refractivity contribution in [2.24, 2.45) is 0 Å². The molecule has 0 radical (unpaired) electrons. The SMILES string of the molecule is Cc1ccccc1N(C(=O)OC(C)(C)C)c1scnc1C(=O)O. The number of rotatable bonds is 3. The average Bonchev–Trinajstić information content (AvgIpc) is 2.88. The Labute approximate surface area is 138 Å². The van der Waals surface area contributed by atoms with Crippen LogP contribution >= 0.6 is 11.3 Å². The molecule has 0 aliphatic rings. The van der Waals surface area contributed by atoms with Crippen LogP contribution in [0, 0.1) is 6.92 Å². The highest BCUT2D eigenvalue weighted by Crippen LogP contribution is 2.35. The standard InChI is InChI=1S/C16H18N2O4S/c1-10-7-5-6-8-11(10)18(15(21)22-16(2,3)4)13-12(14(19)20)17-9-23-13/h5-9H,1-4H3,(H,19,20). The number of hydrogen-bond acceptors (Lipinski definition) is 5. The van der Waals surface area contributed by atoms with Gasteiger partial charge in [-0.2, -0.15) is 0 Å². The van der Waals surface area contributed by atoms with Gasteiger partial charge in [-0.15, -0.1) is 11.3 Å². The minimum Gasteiger partial charge on any atom is -0.476 e. The number of carboxylic acid groups (broad SMARTS) is 1. The van der Waals surface area contributed by atoms with E-state index < -0.39 is 17.7 Å². The summed E-state index contributed by atoms with van der Waals surface area (Å²) >= 11 is 1.08. The lowest BCUT2D eigenvalue weighted by molar-refractivity contribution is 0.0599. The number of hydrogen-bond donors (Lipinski definition) is 1. The number of aromatic nitrogens is 1. The fraction of sp³-hybridized carbons (Fsp3) is 0.312. The third-order valence-corrected chi connectivity index (χ3v) is 3.70. The van der Waals surface area contributed by atoms with Crippen LogP contribution in [-0.2, 0) is 4.74 Å². The zero-order valence-corrected chi connectivity index (χ0v) is 14.2. The molecule has 0 saturated carbocycles. The monoisotopic (exact) mass is 334 g/mol. The summed E-state index contributed by atoms with van der Waals surface area (Å²) < 4.78 is 5.44. The van der Waals surface area contributed by atoms with Gasteiger partial charge in [0.2, 0.25) is 0 Å². The molecule has 1 amide bonds. The smallest absolute Gasteiger partial charge is 0.420 e. The molecule has 1 heterocycles. The van der Waals surface area contributed by atoms with Gasteiger partial charge in [-0.05, 0) is 39.3 Å². The first-order valence-electron chi connectivity index (χ1n) is 6.96. The number of carbonyl (C=O) groups is 2. The van der Waals surface area contributed by atoms with E-state index in [9.17, 15) is 14.7 Å². The van der Waals surface area contributed by atoms with Gasteiger partial charge >= 0.3 is 12.1 Å². The van der Waals surface area contributed by atoms with E-state index >= 15 is 0 Å². The number of thiazole rings is 1. The van der Waals surface area contributed by atoms with E-state index in [1.54, 1.807) is 32.9 Å². The molecular weight excluding hydrogens is 316 g/mol. The predicted molar refractivity (Wildman–Crippen MR) is 88.6 cm³/mol. The van der Waals surface area contributed by atoms with E-state index in [2.05, 4.69) is 4.98 Å².